The summed E-state index contributed by atoms with van der Waals surface area (Å²) in [6.07, 6.45) is -1.42. The van der Waals surface area contributed by atoms with Crippen molar-refractivity contribution in [1.82, 2.24) is 10.6 Å². The third kappa shape index (κ3) is 4.99. The highest BCUT2D eigenvalue weighted by Gasteiger charge is 2.38. The molecule has 1 aromatic carbocycles. The molecule has 1 saturated heterocycles. The molecule has 2 rings (SSSR count). The standard InChI is InChI=1S/C16H22FN3O5S/c17-11-2-1-3-12(8-11)26(24,25)16(10-4-6-19-7-5-10)20-15(23)13(21)9-14(18)22/h1-3,8,10,13,16,19,21H,4-7,9H2,(H2,18,22)(H,20,23). The molecule has 144 valence electrons. The van der Waals surface area contributed by atoms with E-state index in [2.05, 4.69) is 10.6 Å². The number of amides is 2. The van der Waals surface area contributed by atoms with E-state index in [1.54, 1.807) is 0 Å². The van der Waals surface area contributed by atoms with E-state index in [0.29, 0.717) is 25.9 Å². The summed E-state index contributed by atoms with van der Waals surface area (Å²) in [5.41, 5.74) is 4.95. The number of primary amides is 1. The first kappa shape index (κ1) is 20.3. The van der Waals surface area contributed by atoms with E-state index >= 15 is 0 Å². The van der Waals surface area contributed by atoms with Gasteiger partial charge in [0, 0.05) is 0 Å². The second-order valence-electron chi connectivity index (χ2n) is 6.21. The monoisotopic (exact) mass is 387 g/mol. The Labute approximate surface area is 150 Å². The number of nitrogens with two attached hydrogens (primary N) is 1. The van der Waals surface area contributed by atoms with Crippen LogP contribution in [0.1, 0.15) is 19.3 Å². The lowest BCUT2D eigenvalue weighted by Gasteiger charge is -2.31. The van der Waals surface area contributed by atoms with Crippen molar-refractivity contribution in [2.75, 3.05) is 13.1 Å². The number of nitrogens with one attached hydrogen (secondary N) is 2. The molecule has 0 saturated carbocycles. The van der Waals surface area contributed by atoms with E-state index in [1.807, 2.05) is 0 Å². The van der Waals surface area contributed by atoms with E-state index in [4.69, 9.17) is 5.73 Å². The Morgan fingerprint density at radius 2 is 2.00 bits per heavy atom. The minimum atomic E-state index is -4.11. The fraction of sp³-hybridized carbons (Fsp3) is 0.500. The van der Waals surface area contributed by atoms with Gasteiger partial charge in [0.1, 0.15) is 17.3 Å². The van der Waals surface area contributed by atoms with Gasteiger partial charge in [-0.1, -0.05) is 6.07 Å². The van der Waals surface area contributed by atoms with Gasteiger partial charge in [-0.3, -0.25) is 9.59 Å². The molecule has 0 aliphatic carbocycles. The van der Waals surface area contributed by atoms with Gasteiger partial charge in [0.2, 0.25) is 11.8 Å². The van der Waals surface area contributed by atoms with Crippen LogP contribution < -0.4 is 16.4 Å². The Kier molecular flexibility index (Phi) is 6.68. The van der Waals surface area contributed by atoms with Crippen LogP contribution in [0, 0.1) is 11.7 Å². The van der Waals surface area contributed by atoms with Crippen LogP contribution in [0.15, 0.2) is 29.2 Å². The maximum atomic E-state index is 13.5. The number of rotatable bonds is 7. The van der Waals surface area contributed by atoms with Crippen molar-refractivity contribution in [1.29, 1.82) is 0 Å². The lowest BCUT2D eigenvalue weighted by atomic mass is 9.97. The maximum absolute atomic E-state index is 13.5. The number of carbonyl (C=O) groups is 2. The highest BCUT2D eigenvalue weighted by Crippen LogP contribution is 2.26. The van der Waals surface area contributed by atoms with Gasteiger partial charge < -0.3 is 21.5 Å². The quantitative estimate of drug-likeness (QED) is 0.487. The molecular formula is C16H22FN3O5S. The summed E-state index contributed by atoms with van der Waals surface area (Å²) in [4.78, 5) is 22.8. The van der Waals surface area contributed by atoms with E-state index in [9.17, 15) is 27.5 Å². The molecule has 26 heavy (non-hydrogen) atoms. The molecule has 0 radical (unpaired) electrons. The van der Waals surface area contributed by atoms with Crippen LogP contribution in [-0.4, -0.2) is 49.9 Å². The topological polar surface area (TPSA) is 139 Å². The van der Waals surface area contributed by atoms with Crippen LogP contribution in [0.25, 0.3) is 0 Å². The summed E-state index contributed by atoms with van der Waals surface area (Å²) in [5, 5.41) is 13.8. The Balaban J connectivity index is 2.31. The SMILES string of the molecule is NC(=O)CC(O)C(=O)NC(C1CCNCC1)S(=O)(=O)c1cccc(F)c1. The summed E-state index contributed by atoms with van der Waals surface area (Å²) < 4.78 is 39.5. The van der Waals surface area contributed by atoms with Crippen molar-refractivity contribution >= 4 is 21.7 Å². The zero-order valence-electron chi connectivity index (χ0n) is 14.0. The Morgan fingerprint density at radius 3 is 2.58 bits per heavy atom. The number of hydrogen-bond acceptors (Lipinski definition) is 6. The first-order valence-corrected chi connectivity index (χ1v) is 9.73. The highest BCUT2D eigenvalue weighted by atomic mass is 32.2. The maximum Gasteiger partial charge on any atom is 0.250 e. The number of sulfone groups is 1. The molecule has 8 nitrogen and oxygen atoms in total. The van der Waals surface area contributed by atoms with Gasteiger partial charge >= 0.3 is 0 Å². The Hall–Kier alpha value is -2.04. The fourth-order valence-corrected chi connectivity index (χ4v) is 4.79. The molecule has 2 amide bonds. The lowest BCUT2D eigenvalue weighted by Crippen LogP contribution is -2.51. The van der Waals surface area contributed by atoms with E-state index < -0.39 is 51.3 Å². The number of hydrogen-bond donors (Lipinski definition) is 4. The predicted molar refractivity (Wildman–Crippen MR) is 90.9 cm³/mol. The average Bonchev–Trinajstić information content (AvgIpc) is 2.59. The van der Waals surface area contributed by atoms with Gasteiger partial charge in [0.25, 0.3) is 0 Å². The first-order chi connectivity index (χ1) is 12.2. The summed E-state index contributed by atoms with van der Waals surface area (Å²) >= 11 is 0. The number of aliphatic hydroxyl groups is 1. The molecule has 2 unspecified atom stereocenters. The molecule has 0 bridgehead atoms. The molecule has 0 spiro atoms. The predicted octanol–water partition coefficient (Wildman–Crippen LogP) is -0.722. The van der Waals surface area contributed by atoms with Crippen molar-refractivity contribution in [3.05, 3.63) is 30.1 Å². The number of carbonyl (C=O) groups excluding carboxylic acids is 2. The summed E-state index contributed by atoms with van der Waals surface area (Å²) in [7, 11) is -4.11. The van der Waals surface area contributed by atoms with Crippen LogP contribution in [0.4, 0.5) is 4.39 Å². The lowest BCUT2D eigenvalue weighted by molar-refractivity contribution is -0.134. The normalized spacial score (nSPS) is 18.1. The Bertz CT molecular complexity index is 765. The van der Waals surface area contributed by atoms with Gasteiger partial charge in [0.15, 0.2) is 9.84 Å². The Morgan fingerprint density at radius 1 is 1.35 bits per heavy atom. The van der Waals surface area contributed by atoms with Crippen molar-refractivity contribution in [3.8, 4) is 0 Å². The van der Waals surface area contributed by atoms with Crippen molar-refractivity contribution in [2.45, 2.75) is 35.6 Å². The number of piperidine rings is 1. The highest BCUT2D eigenvalue weighted by molar-refractivity contribution is 7.92. The molecule has 10 heteroatoms. The van der Waals surface area contributed by atoms with Crippen LogP contribution in [-0.2, 0) is 19.4 Å². The van der Waals surface area contributed by atoms with Crippen molar-refractivity contribution in [3.63, 3.8) is 0 Å². The van der Waals surface area contributed by atoms with Crippen molar-refractivity contribution < 1.29 is 27.5 Å². The number of halogens is 1. The molecule has 1 fully saturated rings. The van der Waals surface area contributed by atoms with Gasteiger partial charge in [-0.2, -0.15) is 0 Å². The molecule has 1 aliphatic heterocycles. The summed E-state index contributed by atoms with van der Waals surface area (Å²) in [5.74, 6) is -3.03. The number of aliphatic hydroxyl groups excluding tert-OH is 1. The molecular weight excluding hydrogens is 365 g/mol. The van der Waals surface area contributed by atoms with Crippen LogP contribution in [0.3, 0.4) is 0 Å². The largest absolute Gasteiger partial charge is 0.383 e. The van der Waals surface area contributed by atoms with Crippen LogP contribution in [0.2, 0.25) is 0 Å². The molecule has 0 aromatic heterocycles. The van der Waals surface area contributed by atoms with Crippen LogP contribution in [0.5, 0.6) is 0 Å². The van der Waals surface area contributed by atoms with Gasteiger partial charge in [0.05, 0.1) is 11.3 Å². The van der Waals surface area contributed by atoms with E-state index in [1.165, 1.54) is 12.1 Å². The molecule has 5 N–H and O–H groups in total. The van der Waals surface area contributed by atoms with Crippen LogP contribution >= 0.6 is 0 Å². The minimum Gasteiger partial charge on any atom is -0.383 e. The summed E-state index contributed by atoms with van der Waals surface area (Å²) in [6, 6.07) is 4.52. The van der Waals surface area contributed by atoms with E-state index in [0.717, 1.165) is 12.1 Å². The number of benzene rings is 1. The molecule has 2 atom stereocenters. The van der Waals surface area contributed by atoms with E-state index in [-0.39, 0.29) is 4.90 Å². The first-order valence-electron chi connectivity index (χ1n) is 8.18. The molecule has 1 heterocycles. The van der Waals surface area contributed by atoms with Gasteiger partial charge in [-0.15, -0.1) is 0 Å². The second-order valence-corrected chi connectivity index (χ2v) is 8.27. The molecule has 1 aliphatic rings. The third-order valence-electron chi connectivity index (χ3n) is 4.25. The van der Waals surface area contributed by atoms with Gasteiger partial charge in [-0.05, 0) is 50.0 Å². The van der Waals surface area contributed by atoms with Gasteiger partial charge in [-0.25, -0.2) is 12.8 Å². The smallest absolute Gasteiger partial charge is 0.250 e. The second kappa shape index (κ2) is 8.56. The zero-order chi connectivity index (χ0) is 19.3. The minimum absolute atomic E-state index is 0.259. The average molecular weight is 387 g/mol. The fourth-order valence-electron chi connectivity index (χ4n) is 2.91. The third-order valence-corrected chi connectivity index (χ3v) is 6.33. The molecule has 1 aromatic rings. The zero-order valence-corrected chi connectivity index (χ0v) is 14.8. The summed E-state index contributed by atoms with van der Waals surface area (Å²) in [6.45, 7) is 1.14. The van der Waals surface area contributed by atoms with Crippen molar-refractivity contribution in [2.24, 2.45) is 11.7 Å².